The van der Waals surface area contributed by atoms with E-state index in [1.54, 1.807) is 7.11 Å². The zero-order valence-electron chi connectivity index (χ0n) is 12.2. The first kappa shape index (κ1) is 14.5. The van der Waals surface area contributed by atoms with E-state index in [0.717, 1.165) is 17.9 Å². The van der Waals surface area contributed by atoms with Crippen molar-refractivity contribution in [2.75, 3.05) is 27.3 Å². The van der Waals surface area contributed by atoms with Gasteiger partial charge in [-0.25, -0.2) is 0 Å². The van der Waals surface area contributed by atoms with Gasteiger partial charge in [0.1, 0.15) is 11.5 Å². The van der Waals surface area contributed by atoms with Crippen LogP contribution in [0.2, 0.25) is 0 Å². The van der Waals surface area contributed by atoms with Gasteiger partial charge in [0.15, 0.2) is 5.96 Å². The van der Waals surface area contributed by atoms with Crippen molar-refractivity contribution in [1.82, 2.24) is 4.90 Å². The van der Waals surface area contributed by atoms with Gasteiger partial charge in [-0.1, -0.05) is 6.07 Å². The van der Waals surface area contributed by atoms with Crippen LogP contribution in [0.15, 0.2) is 29.3 Å². The molecule has 1 aromatic carbocycles. The fraction of sp³-hybridized carbons (Fsp3) is 0.533. The predicted octanol–water partition coefficient (Wildman–Crippen LogP) is 1.87. The number of hydrogen-bond donors (Lipinski definition) is 1. The summed E-state index contributed by atoms with van der Waals surface area (Å²) in [5.74, 6) is 2.25. The second kappa shape index (κ2) is 7.03. The lowest BCUT2D eigenvalue weighted by Gasteiger charge is -2.16. The van der Waals surface area contributed by atoms with Gasteiger partial charge in [0.2, 0.25) is 0 Å². The monoisotopic (exact) mass is 277 g/mol. The molecule has 2 rings (SSSR count). The second-order valence-electron chi connectivity index (χ2n) is 4.96. The number of hydrogen-bond acceptors (Lipinski definition) is 3. The van der Waals surface area contributed by atoms with E-state index in [0.29, 0.717) is 25.2 Å². The highest BCUT2D eigenvalue weighted by Crippen LogP contribution is 2.24. The van der Waals surface area contributed by atoms with Crippen LogP contribution in [0.25, 0.3) is 0 Å². The van der Waals surface area contributed by atoms with E-state index in [-0.39, 0.29) is 0 Å². The molecule has 1 saturated carbocycles. The highest BCUT2D eigenvalue weighted by molar-refractivity contribution is 5.78. The number of methoxy groups -OCH3 is 1. The molecule has 0 radical (unpaired) electrons. The van der Waals surface area contributed by atoms with Crippen molar-refractivity contribution in [1.29, 1.82) is 0 Å². The second-order valence-corrected chi connectivity index (χ2v) is 4.96. The number of rotatable bonds is 7. The minimum Gasteiger partial charge on any atom is -0.497 e. The smallest absolute Gasteiger partial charge is 0.191 e. The van der Waals surface area contributed by atoms with Crippen LogP contribution in [0.5, 0.6) is 11.5 Å². The molecule has 2 N–H and O–H groups in total. The van der Waals surface area contributed by atoms with Gasteiger partial charge in [0, 0.05) is 32.1 Å². The SMILES string of the molecule is COc1cccc(OCCCN=C(N)N(C)C2CC2)c1. The Bertz CT molecular complexity index is 458. The van der Waals surface area contributed by atoms with Gasteiger partial charge < -0.3 is 20.1 Å². The minimum atomic E-state index is 0.604. The third-order valence-corrected chi connectivity index (χ3v) is 3.34. The van der Waals surface area contributed by atoms with Gasteiger partial charge >= 0.3 is 0 Å². The van der Waals surface area contributed by atoms with Crippen molar-refractivity contribution < 1.29 is 9.47 Å². The van der Waals surface area contributed by atoms with Gasteiger partial charge in [-0.05, 0) is 25.0 Å². The lowest BCUT2D eigenvalue weighted by Crippen LogP contribution is -2.35. The van der Waals surface area contributed by atoms with E-state index in [9.17, 15) is 0 Å². The van der Waals surface area contributed by atoms with Crippen LogP contribution in [0.3, 0.4) is 0 Å². The van der Waals surface area contributed by atoms with E-state index < -0.39 is 0 Å². The van der Waals surface area contributed by atoms with Crippen molar-refractivity contribution in [2.24, 2.45) is 10.7 Å². The van der Waals surface area contributed by atoms with E-state index >= 15 is 0 Å². The topological polar surface area (TPSA) is 60.1 Å². The van der Waals surface area contributed by atoms with Crippen molar-refractivity contribution in [3.05, 3.63) is 24.3 Å². The molecular weight excluding hydrogens is 254 g/mol. The molecule has 0 heterocycles. The van der Waals surface area contributed by atoms with Crippen molar-refractivity contribution >= 4 is 5.96 Å². The van der Waals surface area contributed by atoms with Crippen molar-refractivity contribution in [2.45, 2.75) is 25.3 Å². The summed E-state index contributed by atoms with van der Waals surface area (Å²) in [5.41, 5.74) is 5.91. The maximum absolute atomic E-state index is 5.91. The number of nitrogens with two attached hydrogens (primary N) is 1. The first-order chi connectivity index (χ1) is 9.70. The number of benzene rings is 1. The summed E-state index contributed by atoms with van der Waals surface area (Å²) < 4.78 is 10.8. The van der Waals surface area contributed by atoms with Crippen LogP contribution in [0.1, 0.15) is 19.3 Å². The van der Waals surface area contributed by atoms with Gasteiger partial charge in [-0.15, -0.1) is 0 Å². The summed E-state index contributed by atoms with van der Waals surface area (Å²) in [5, 5.41) is 0. The molecule has 5 heteroatoms. The molecule has 0 spiro atoms. The third kappa shape index (κ3) is 4.33. The van der Waals surface area contributed by atoms with E-state index in [1.165, 1.54) is 12.8 Å². The Morgan fingerprint density at radius 2 is 2.15 bits per heavy atom. The van der Waals surface area contributed by atoms with Crippen LogP contribution in [0, 0.1) is 0 Å². The minimum absolute atomic E-state index is 0.604. The molecule has 0 amide bonds. The average Bonchev–Trinajstić information content (AvgIpc) is 3.30. The molecule has 0 unspecified atom stereocenters. The number of ether oxygens (including phenoxy) is 2. The van der Waals surface area contributed by atoms with Crippen LogP contribution in [0.4, 0.5) is 0 Å². The Morgan fingerprint density at radius 1 is 1.40 bits per heavy atom. The normalized spacial score (nSPS) is 15.0. The largest absolute Gasteiger partial charge is 0.497 e. The Labute approximate surface area is 120 Å². The summed E-state index contributed by atoms with van der Waals surface area (Å²) in [7, 11) is 3.65. The summed E-state index contributed by atoms with van der Waals surface area (Å²) in [6.45, 7) is 1.31. The van der Waals surface area contributed by atoms with E-state index in [4.69, 9.17) is 15.2 Å². The van der Waals surface area contributed by atoms with Crippen LogP contribution in [-0.4, -0.2) is 44.2 Å². The molecule has 0 aromatic heterocycles. The molecule has 20 heavy (non-hydrogen) atoms. The lowest BCUT2D eigenvalue weighted by atomic mass is 10.3. The van der Waals surface area contributed by atoms with E-state index in [2.05, 4.69) is 9.89 Å². The van der Waals surface area contributed by atoms with Gasteiger partial charge in [0.25, 0.3) is 0 Å². The summed E-state index contributed by atoms with van der Waals surface area (Å²) in [6.07, 6.45) is 3.30. The van der Waals surface area contributed by atoms with Crippen LogP contribution < -0.4 is 15.2 Å². The molecule has 5 nitrogen and oxygen atoms in total. The number of aliphatic imine (C=N–C) groups is 1. The first-order valence-corrected chi connectivity index (χ1v) is 7.00. The molecule has 0 bridgehead atoms. The third-order valence-electron chi connectivity index (χ3n) is 3.34. The maximum atomic E-state index is 5.91. The highest BCUT2D eigenvalue weighted by atomic mass is 16.5. The Morgan fingerprint density at radius 3 is 2.85 bits per heavy atom. The fourth-order valence-corrected chi connectivity index (χ4v) is 1.90. The molecule has 0 saturated heterocycles. The Hall–Kier alpha value is -1.91. The summed E-state index contributed by atoms with van der Waals surface area (Å²) >= 11 is 0. The predicted molar refractivity (Wildman–Crippen MR) is 80.4 cm³/mol. The molecule has 0 atom stereocenters. The van der Waals surface area contributed by atoms with Gasteiger partial charge in [0.05, 0.1) is 13.7 Å². The van der Waals surface area contributed by atoms with Gasteiger partial charge in [-0.3, -0.25) is 4.99 Å². The molecule has 1 aromatic rings. The molecule has 1 aliphatic rings. The number of guanidine groups is 1. The maximum Gasteiger partial charge on any atom is 0.191 e. The van der Waals surface area contributed by atoms with E-state index in [1.807, 2.05) is 31.3 Å². The molecular formula is C15H23N3O2. The lowest BCUT2D eigenvalue weighted by molar-refractivity contribution is 0.310. The Balaban J connectivity index is 1.66. The van der Waals surface area contributed by atoms with Crippen LogP contribution in [-0.2, 0) is 0 Å². The average molecular weight is 277 g/mol. The molecule has 1 fully saturated rings. The first-order valence-electron chi connectivity index (χ1n) is 7.00. The van der Waals surface area contributed by atoms with Crippen LogP contribution >= 0.6 is 0 Å². The zero-order chi connectivity index (χ0) is 14.4. The standard InChI is InChI=1S/C15H23N3O2/c1-18(12-7-8-12)15(16)17-9-4-10-20-14-6-3-5-13(11-14)19-2/h3,5-6,11-12H,4,7-10H2,1-2H3,(H2,16,17). The Kier molecular flexibility index (Phi) is 5.09. The molecule has 0 aliphatic heterocycles. The quantitative estimate of drug-likeness (QED) is 0.469. The molecule has 1 aliphatic carbocycles. The summed E-state index contributed by atoms with van der Waals surface area (Å²) in [6, 6.07) is 8.20. The zero-order valence-corrected chi connectivity index (χ0v) is 12.2. The highest BCUT2D eigenvalue weighted by Gasteiger charge is 2.27. The van der Waals surface area contributed by atoms with Crippen molar-refractivity contribution in [3.63, 3.8) is 0 Å². The van der Waals surface area contributed by atoms with Gasteiger partial charge in [-0.2, -0.15) is 0 Å². The molecule has 110 valence electrons. The fourth-order valence-electron chi connectivity index (χ4n) is 1.90. The van der Waals surface area contributed by atoms with Crippen molar-refractivity contribution in [3.8, 4) is 11.5 Å². The summed E-state index contributed by atoms with van der Waals surface area (Å²) in [4.78, 5) is 6.42. The number of nitrogens with zero attached hydrogens (tertiary/aromatic N) is 2.